The van der Waals surface area contributed by atoms with Crippen molar-refractivity contribution in [2.45, 2.75) is 6.42 Å². The Morgan fingerprint density at radius 2 is 2.40 bits per heavy atom. The highest BCUT2D eigenvalue weighted by Gasteiger charge is 1.70. The minimum atomic E-state index is -0.524. The highest BCUT2D eigenvalue weighted by atomic mass is 19.1. The molecule has 0 unspecified atom stereocenters. The molecule has 0 N–H and O–H groups in total. The number of rotatable bonds is 2. The van der Waals surface area contributed by atoms with Gasteiger partial charge < -0.3 is 4.79 Å². The summed E-state index contributed by atoms with van der Waals surface area (Å²) in [5.74, 6) is 0. The van der Waals surface area contributed by atoms with Gasteiger partial charge in [-0.2, -0.15) is 0 Å². The smallest absolute Gasteiger partial charge is 0.122 e. The zero-order chi connectivity index (χ0) is 4.12. The second kappa shape index (κ2) is 3.60. The summed E-state index contributed by atoms with van der Waals surface area (Å²) in [4.78, 5) is 9.16. The Kier molecular flexibility index (Phi) is 3.31. The molecule has 0 aromatic rings. The van der Waals surface area contributed by atoms with Crippen LogP contribution in [-0.4, -0.2) is 13.0 Å². The Hall–Kier alpha value is -0.400. The van der Waals surface area contributed by atoms with Crippen LogP contribution in [0, 0.1) is 0 Å². The zero-order valence-corrected chi connectivity index (χ0v) is 2.78. The van der Waals surface area contributed by atoms with Gasteiger partial charge in [0.2, 0.25) is 0 Å². The summed E-state index contributed by atoms with van der Waals surface area (Å²) in [5, 5.41) is 0. The lowest BCUT2D eigenvalue weighted by molar-refractivity contribution is -0.108. The van der Waals surface area contributed by atoms with Crippen LogP contribution in [0.25, 0.3) is 0 Å². The monoisotopic (exact) mass is 76.0 g/mol. The lowest BCUT2D eigenvalue weighted by Gasteiger charge is -1.65. The van der Waals surface area contributed by atoms with Gasteiger partial charge in [0.15, 0.2) is 0 Å². The Morgan fingerprint density at radius 3 is 2.40 bits per heavy atom. The molecule has 0 amide bonds. The predicted molar refractivity (Wildman–Crippen MR) is 16.7 cm³/mol. The van der Waals surface area contributed by atoms with E-state index in [1.165, 1.54) is 0 Å². The molecule has 5 heavy (non-hydrogen) atoms. The third-order valence-corrected chi connectivity index (χ3v) is 0.227. The molecule has 0 spiro atoms. The molecule has 0 saturated carbocycles. The molecule has 1 nitrogen and oxygen atoms in total. The third kappa shape index (κ3) is 3.60. The van der Waals surface area contributed by atoms with Crippen molar-refractivity contribution < 1.29 is 9.18 Å². The van der Waals surface area contributed by atoms with Gasteiger partial charge in [-0.25, -0.2) is 0 Å². The number of halogens is 1. The molecule has 0 aliphatic heterocycles. The number of hydrogen-bond acceptors (Lipinski definition) is 1. The molecule has 30 valence electrons. The predicted octanol–water partition coefficient (Wildman–Crippen LogP) is 0.545. The summed E-state index contributed by atoms with van der Waals surface area (Å²) in [6.07, 6.45) is 0.597. The van der Waals surface area contributed by atoms with Gasteiger partial charge in [-0.1, -0.05) is 0 Å². The van der Waals surface area contributed by atoms with Crippen molar-refractivity contribution in [3.63, 3.8) is 0 Å². The molecule has 0 radical (unpaired) electrons. The second-order valence-corrected chi connectivity index (χ2v) is 0.644. The van der Waals surface area contributed by atoms with E-state index in [0.717, 1.165) is 0 Å². The normalized spacial score (nSPS) is 7.40. The fraction of sp³-hybridized carbons (Fsp3) is 0.667. The lowest BCUT2D eigenvalue weighted by atomic mass is 10.5. The van der Waals surface area contributed by atoms with Crippen molar-refractivity contribution in [2.24, 2.45) is 0 Å². The average molecular weight is 76.1 g/mol. The van der Waals surface area contributed by atoms with Gasteiger partial charge >= 0.3 is 0 Å². The second-order valence-electron chi connectivity index (χ2n) is 0.644. The van der Waals surface area contributed by atoms with Crippen LogP contribution < -0.4 is 0 Å². The summed E-state index contributed by atoms with van der Waals surface area (Å²) in [7, 11) is 0. The van der Waals surface area contributed by atoms with E-state index in [0.29, 0.717) is 6.29 Å². The molecule has 0 fully saturated rings. The fourth-order valence-electron chi connectivity index (χ4n) is 0.0445. The molecule has 2 heteroatoms. The topological polar surface area (TPSA) is 17.1 Å². The fourth-order valence-corrected chi connectivity index (χ4v) is 0.0445. The highest BCUT2D eigenvalue weighted by Crippen LogP contribution is 1.67. The van der Waals surface area contributed by atoms with E-state index in [1.54, 1.807) is 0 Å². The number of carbonyl (C=O) groups is 1. The third-order valence-electron chi connectivity index (χ3n) is 0.227. The van der Waals surface area contributed by atoms with Crippen molar-refractivity contribution in [1.82, 2.24) is 0 Å². The lowest BCUT2D eigenvalue weighted by Crippen LogP contribution is -1.71. The van der Waals surface area contributed by atoms with E-state index in [-0.39, 0.29) is 6.42 Å². The first-order valence-corrected chi connectivity index (χ1v) is 1.41. The standard InChI is InChI=1S/C3H5FO/c4-2-1-3-5/h3H,1-2H2. The van der Waals surface area contributed by atoms with Crippen LogP contribution in [-0.2, 0) is 4.79 Å². The minimum Gasteiger partial charge on any atom is -0.303 e. The number of hydrogen-bond donors (Lipinski definition) is 0. The van der Waals surface area contributed by atoms with Gasteiger partial charge in [-0.3, -0.25) is 4.39 Å². The van der Waals surface area contributed by atoms with Crippen LogP contribution in [0.15, 0.2) is 0 Å². The van der Waals surface area contributed by atoms with E-state index in [1.807, 2.05) is 0 Å². The number of carbonyl (C=O) groups excluding carboxylic acids is 1. The molecule has 0 saturated heterocycles. The van der Waals surface area contributed by atoms with Crippen molar-refractivity contribution in [2.75, 3.05) is 6.67 Å². The Morgan fingerprint density at radius 1 is 1.80 bits per heavy atom. The largest absolute Gasteiger partial charge is 0.303 e. The molecule has 0 rings (SSSR count). The SMILES string of the molecule is O=CCCF. The van der Waals surface area contributed by atoms with Crippen molar-refractivity contribution in [3.8, 4) is 0 Å². The number of aldehydes is 1. The Labute approximate surface area is 29.8 Å². The van der Waals surface area contributed by atoms with Crippen molar-refractivity contribution in [3.05, 3.63) is 0 Å². The minimum absolute atomic E-state index is 0.0417. The Balaban J connectivity index is 2.40. The van der Waals surface area contributed by atoms with E-state index in [4.69, 9.17) is 4.79 Å². The molecular weight excluding hydrogens is 71.0 g/mol. The molecular formula is C3H5FO. The summed E-state index contributed by atoms with van der Waals surface area (Å²) in [6, 6.07) is 0. The van der Waals surface area contributed by atoms with Gasteiger partial charge in [0, 0.05) is 6.42 Å². The zero-order valence-electron chi connectivity index (χ0n) is 2.78. The van der Waals surface area contributed by atoms with Crippen LogP contribution in [0.3, 0.4) is 0 Å². The van der Waals surface area contributed by atoms with Crippen LogP contribution in [0.1, 0.15) is 6.42 Å². The first-order chi connectivity index (χ1) is 2.41. The molecule has 0 aliphatic rings. The van der Waals surface area contributed by atoms with Crippen LogP contribution in [0.5, 0.6) is 0 Å². The van der Waals surface area contributed by atoms with Crippen molar-refractivity contribution >= 4 is 6.29 Å². The molecule has 0 heterocycles. The first kappa shape index (κ1) is 4.60. The number of alkyl halides is 1. The maximum atomic E-state index is 10.8. The molecule has 0 atom stereocenters. The molecule has 0 bridgehead atoms. The molecule has 0 aromatic heterocycles. The van der Waals surface area contributed by atoms with Crippen LogP contribution >= 0.6 is 0 Å². The van der Waals surface area contributed by atoms with E-state index >= 15 is 0 Å². The van der Waals surface area contributed by atoms with Gasteiger partial charge in [0.25, 0.3) is 0 Å². The maximum Gasteiger partial charge on any atom is 0.122 e. The van der Waals surface area contributed by atoms with Crippen LogP contribution in [0.2, 0.25) is 0 Å². The Bertz CT molecular complexity index is 28.1. The quantitative estimate of drug-likeness (QED) is 0.439. The average Bonchev–Trinajstić information content (AvgIpc) is 1.41. The first-order valence-electron chi connectivity index (χ1n) is 1.41. The van der Waals surface area contributed by atoms with Gasteiger partial charge in [-0.15, -0.1) is 0 Å². The molecule has 0 aliphatic carbocycles. The van der Waals surface area contributed by atoms with E-state index in [2.05, 4.69) is 0 Å². The molecule has 0 aromatic carbocycles. The van der Waals surface area contributed by atoms with Crippen LogP contribution in [0.4, 0.5) is 4.39 Å². The van der Waals surface area contributed by atoms with E-state index in [9.17, 15) is 4.39 Å². The van der Waals surface area contributed by atoms with Gasteiger partial charge in [-0.05, 0) is 0 Å². The van der Waals surface area contributed by atoms with Crippen molar-refractivity contribution in [1.29, 1.82) is 0 Å². The van der Waals surface area contributed by atoms with E-state index < -0.39 is 6.67 Å². The summed E-state index contributed by atoms with van der Waals surface area (Å²) >= 11 is 0. The highest BCUT2D eigenvalue weighted by molar-refractivity contribution is 5.49. The summed E-state index contributed by atoms with van der Waals surface area (Å²) in [5.41, 5.74) is 0. The summed E-state index contributed by atoms with van der Waals surface area (Å²) in [6.45, 7) is -0.524. The van der Waals surface area contributed by atoms with Gasteiger partial charge in [0.1, 0.15) is 6.29 Å². The maximum absolute atomic E-state index is 10.8. The van der Waals surface area contributed by atoms with Gasteiger partial charge in [0.05, 0.1) is 6.67 Å². The summed E-state index contributed by atoms with van der Waals surface area (Å²) < 4.78 is 10.8.